The van der Waals surface area contributed by atoms with Crippen LogP contribution in [0.25, 0.3) is 129 Å². The molecule has 64 heavy (non-hydrogen) atoms. The van der Waals surface area contributed by atoms with Crippen molar-refractivity contribution in [1.82, 2.24) is 19.1 Å². The van der Waals surface area contributed by atoms with Crippen molar-refractivity contribution < 1.29 is 0 Å². The summed E-state index contributed by atoms with van der Waals surface area (Å²) in [4.78, 5) is 11.2. The Morgan fingerprint density at radius 2 is 0.734 bits per heavy atom. The van der Waals surface area contributed by atoms with Gasteiger partial charge < -0.3 is 4.57 Å². The van der Waals surface area contributed by atoms with Crippen molar-refractivity contribution in [2.45, 2.75) is 0 Å². The SMILES string of the molecule is c1ccc(-c2ccc(-n3c4ccccc4c4ccc5c6ccccc6n(-c6nc(-c7ccc8sc9ccccc9c8c7)cc(-c7ccc8sc9ccccc9c8c7)n6)c5c43)cc2)cc1. The Bertz CT molecular complexity index is 4060. The molecular formula is C58H34N4S2. The molecule has 0 radical (unpaired) electrons. The molecule has 0 atom stereocenters. The first kappa shape index (κ1) is 35.7. The fraction of sp³-hybridized carbons (Fsp3) is 0. The van der Waals surface area contributed by atoms with Crippen LogP contribution >= 0.6 is 22.7 Å². The van der Waals surface area contributed by atoms with Crippen molar-refractivity contribution in [1.29, 1.82) is 0 Å². The lowest BCUT2D eigenvalue weighted by molar-refractivity contribution is 0.995. The zero-order chi connectivity index (χ0) is 41.9. The second kappa shape index (κ2) is 13.8. The number of rotatable bonds is 5. The molecule has 0 saturated heterocycles. The predicted octanol–water partition coefficient (Wildman–Crippen LogP) is 16.4. The van der Waals surface area contributed by atoms with E-state index in [9.17, 15) is 0 Å². The standard InChI is InChI=1S/C58H34N4S2/c1-2-12-35(13-3-1)36-22-26-39(27-23-36)61-50-18-8-4-14-40(50)44-28-29-45-41-15-5-9-19-51(41)62(57(45)56(44)61)58-59-48(37-24-30-54-46(32-37)42-16-6-10-20-52(42)63-54)34-49(60-58)38-25-31-55-47(33-38)43-17-7-11-21-53(43)64-55/h1-34H. The van der Waals surface area contributed by atoms with Gasteiger partial charge in [-0.2, -0.15) is 0 Å². The van der Waals surface area contributed by atoms with Gasteiger partial charge in [-0.3, -0.25) is 4.57 Å². The molecule has 0 aliphatic heterocycles. The highest BCUT2D eigenvalue weighted by atomic mass is 32.1. The number of hydrogen-bond acceptors (Lipinski definition) is 4. The van der Waals surface area contributed by atoms with Crippen LogP contribution in [0.1, 0.15) is 0 Å². The first-order valence-corrected chi connectivity index (χ1v) is 23.2. The van der Waals surface area contributed by atoms with Crippen LogP contribution in [0.15, 0.2) is 206 Å². The Morgan fingerprint density at radius 1 is 0.297 bits per heavy atom. The van der Waals surface area contributed by atoms with E-state index >= 15 is 0 Å². The largest absolute Gasteiger partial charge is 0.307 e. The Balaban J connectivity index is 1.08. The summed E-state index contributed by atoms with van der Waals surface area (Å²) in [7, 11) is 0. The molecule has 0 fully saturated rings. The van der Waals surface area contributed by atoms with Gasteiger partial charge in [-0.25, -0.2) is 9.97 Å². The third-order valence-corrected chi connectivity index (χ3v) is 15.3. The molecule has 0 amide bonds. The van der Waals surface area contributed by atoms with E-state index in [0.29, 0.717) is 5.95 Å². The second-order valence-electron chi connectivity index (χ2n) is 16.5. The van der Waals surface area contributed by atoms with Gasteiger partial charge in [0, 0.05) is 78.7 Å². The smallest absolute Gasteiger partial charge is 0.235 e. The van der Waals surface area contributed by atoms with E-state index in [-0.39, 0.29) is 0 Å². The highest BCUT2D eigenvalue weighted by molar-refractivity contribution is 7.26. The van der Waals surface area contributed by atoms with Gasteiger partial charge in [0.25, 0.3) is 0 Å². The summed E-state index contributed by atoms with van der Waals surface area (Å²) in [6, 6.07) is 74.8. The van der Waals surface area contributed by atoms with Gasteiger partial charge in [-0.05, 0) is 77.9 Å². The second-order valence-corrected chi connectivity index (χ2v) is 18.7. The van der Waals surface area contributed by atoms with Crippen molar-refractivity contribution in [2.24, 2.45) is 0 Å². The van der Waals surface area contributed by atoms with Crippen LogP contribution in [0.5, 0.6) is 0 Å². The molecule has 0 saturated carbocycles. The topological polar surface area (TPSA) is 35.6 Å². The van der Waals surface area contributed by atoms with Crippen LogP contribution in [-0.2, 0) is 0 Å². The number of nitrogens with zero attached hydrogens (tertiary/aromatic N) is 4. The number of aromatic nitrogens is 4. The maximum atomic E-state index is 5.60. The molecule has 0 aliphatic carbocycles. The van der Waals surface area contributed by atoms with Gasteiger partial charge in [-0.15, -0.1) is 22.7 Å². The number of hydrogen-bond donors (Lipinski definition) is 0. The lowest BCUT2D eigenvalue weighted by Gasteiger charge is -2.14. The first-order chi connectivity index (χ1) is 31.7. The molecule has 5 aromatic heterocycles. The average molecular weight is 851 g/mol. The minimum atomic E-state index is 0.632. The predicted molar refractivity (Wildman–Crippen MR) is 273 cm³/mol. The zero-order valence-corrected chi connectivity index (χ0v) is 35.9. The summed E-state index contributed by atoms with van der Waals surface area (Å²) in [6.45, 7) is 0. The molecule has 5 heterocycles. The highest BCUT2D eigenvalue weighted by Crippen LogP contribution is 2.43. The molecular weight excluding hydrogens is 817 g/mol. The number of fused-ring (bicyclic) bond motifs is 13. The van der Waals surface area contributed by atoms with E-state index < -0.39 is 0 Å². The number of thiophene rings is 2. The molecule has 0 spiro atoms. The molecule has 0 N–H and O–H groups in total. The van der Waals surface area contributed by atoms with Crippen molar-refractivity contribution in [3.8, 4) is 45.3 Å². The van der Waals surface area contributed by atoms with Crippen molar-refractivity contribution >= 4 is 107 Å². The van der Waals surface area contributed by atoms with Gasteiger partial charge in [0.15, 0.2) is 0 Å². The van der Waals surface area contributed by atoms with Crippen LogP contribution in [0.2, 0.25) is 0 Å². The fourth-order valence-corrected chi connectivity index (χ4v) is 12.2. The van der Waals surface area contributed by atoms with Gasteiger partial charge in [0.1, 0.15) is 0 Å². The Kier molecular flexibility index (Phi) is 7.69. The summed E-state index contributed by atoms with van der Waals surface area (Å²) in [5.41, 5.74) is 11.7. The first-order valence-electron chi connectivity index (χ1n) is 21.6. The quantitative estimate of drug-likeness (QED) is 0.173. The van der Waals surface area contributed by atoms with E-state index in [1.54, 1.807) is 0 Å². The van der Waals surface area contributed by atoms with Crippen LogP contribution in [0.4, 0.5) is 0 Å². The molecule has 9 aromatic carbocycles. The summed E-state index contributed by atoms with van der Waals surface area (Å²) >= 11 is 3.67. The minimum Gasteiger partial charge on any atom is -0.307 e. The van der Waals surface area contributed by atoms with Crippen LogP contribution in [0, 0.1) is 0 Å². The zero-order valence-electron chi connectivity index (χ0n) is 34.2. The van der Waals surface area contributed by atoms with Crippen molar-refractivity contribution in [3.63, 3.8) is 0 Å². The van der Waals surface area contributed by atoms with Gasteiger partial charge in [0.05, 0.1) is 33.5 Å². The van der Waals surface area contributed by atoms with E-state index in [1.807, 2.05) is 22.7 Å². The molecule has 0 unspecified atom stereocenters. The molecule has 14 rings (SSSR count). The van der Waals surface area contributed by atoms with Crippen molar-refractivity contribution in [2.75, 3.05) is 0 Å². The molecule has 298 valence electrons. The maximum absolute atomic E-state index is 5.60. The number of para-hydroxylation sites is 2. The van der Waals surface area contributed by atoms with Crippen LogP contribution < -0.4 is 0 Å². The van der Waals surface area contributed by atoms with E-state index in [2.05, 4.69) is 215 Å². The summed E-state index contributed by atoms with van der Waals surface area (Å²) in [5.74, 6) is 0.632. The normalized spacial score (nSPS) is 12.1. The Hall–Kier alpha value is -7.90. The lowest BCUT2D eigenvalue weighted by atomic mass is 10.0. The third kappa shape index (κ3) is 5.33. The average Bonchev–Trinajstić information content (AvgIpc) is 4.11. The van der Waals surface area contributed by atoms with Gasteiger partial charge in [-0.1, -0.05) is 140 Å². The molecule has 6 heteroatoms. The summed E-state index contributed by atoms with van der Waals surface area (Å²) in [6.07, 6.45) is 0. The third-order valence-electron chi connectivity index (χ3n) is 13.0. The van der Waals surface area contributed by atoms with Gasteiger partial charge >= 0.3 is 0 Å². The van der Waals surface area contributed by atoms with Crippen LogP contribution in [-0.4, -0.2) is 19.1 Å². The number of benzene rings is 9. The van der Waals surface area contributed by atoms with E-state index in [4.69, 9.17) is 9.97 Å². The van der Waals surface area contributed by atoms with Gasteiger partial charge in [0.2, 0.25) is 5.95 Å². The molecule has 0 bridgehead atoms. The molecule has 4 nitrogen and oxygen atoms in total. The van der Waals surface area contributed by atoms with Crippen molar-refractivity contribution in [3.05, 3.63) is 206 Å². The molecule has 0 aliphatic rings. The Labute approximate surface area is 375 Å². The van der Waals surface area contributed by atoms with E-state index in [1.165, 1.54) is 62.2 Å². The summed E-state index contributed by atoms with van der Waals surface area (Å²) < 4.78 is 9.87. The minimum absolute atomic E-state index is 0.632. The Morgan fingerprint density at radius 3 is 1.31 bits per heavy atom. The highest BCUT2D eigenvalue weighted by Gasteiger charge is 2.23. The summed E-state index contributed by atoms with van der Waals surface area (Å²) in [5, 5.41) is 9.71. The monoisotopic (exact) mass is 850 g/mol. The molecule has 14 aromatic rings. The lowest BCUT2D eigenvalue weighted by Crippen LogP contribution is -2.05. The maximum Gasteiger partial charge on any atom is 0.235 e. The fourth-order valence-electron chi connectivity index (χ4n) is 10.0. The van der Waals surface area contributed by atoms with E-state index in [0.717, 1.165) is 61.0 Å². The van der Waals surface area contributed by atoms with Crippen LogP contribution in [0.3, 0.4) is 0 Å².